The van der Waals surface area contributed by atoms with Gasteiger partial charge in [0.25, 0.3) is 0 Å². The number of nitrogens with zero attached hydrogens (tertiary/aromatic N) is 1. The minimum absolute atomic E-state index is 0.128. The van der Waals surface area contributed by atoms with Gasteiger partial charge >= 0.3 is 0 Å². The van der Waals surface area contributed by atoms with Gasteiger partial charge in [0, 0.05) is 27.5 Å². The number of fused-ring (bicyclic) bond motifs is 1. The molecule has 0 bridgehead atoms. The second-order valence-electron chi connectivity index (χ2n) is 5.85. The lowest BCUT2D eigenvalue weighted by molar-refractivity contribution is 0.414. The molecule has 0 unspecified atom stereocenters. The number of hydrogen-bond acceptors (Lipinski definition) is 4. The molecule has 3 nitrogen and oxygen atoms in total. The lowest BCUT2D eigenvalue weighted by Gasteiger charge is -2.40. The van der Waals surface area contributed by atoms with Gasteiger partial charge in [-0.25, -0.2) is 0 Å². The monoisotopic (exact) mass is 303 g/mol. The molecule has 2 aromatic rings. The quantitative estimate of drug-likeness (QED) is 0.838. The average molecular weight is 303 g/mol. The fourth-order valence-corrected chi connectivity index (χ4v) is 4.19. The maximum atomic E-state index is 12.9. The predicted molar refractivity (Wildman–Crippen MR) is 89.9 cm³/mol. The zero-order chi connectivity index (χ0) is 15.0. The van der Waals surface area contributed by atoms with Gasteiger partial charge in [0.15, 0.2) is 0 Å². The van der Waals surface area contributed by atoms with Gasteiger partial charge in [-0.1, -0.05) is 0 Å². The van der Waals surface area contributed by atoms with E-state index in [0.29, 0.717) is 12.1 Å². The first-order valence-corrected chi connectivity index (χ1v) is 8.37. The Kier molecular flexibility index (Phi) is 3.89. The molecule has 2 heterocycles. The number of piperidine rings is 1. The predicted octanol–water partition coefficient (Wildman–Crippen LogP) is 4.04. The zero-order valence-corrected chi connectivity index (χ0v) is 13.6. The Labute approximate surface area is 129 Å². The average Bonchev–Trinajstić information content (AvgIpc) is 2.49. The first-order chi connectivity index (χ1) is 10.1. The molecule has 1 fully saturated rings. The summed E-state index contributed by atoms with van der Waals surface area (Å²) in [5.74, 6) is 0.740. The highest BCUT2D eigenvalue weighted by molar-refractivity contribution is 7.16. The lowest BCUT2D eigenvalue weighted by atomic mass is 9.97. The summed E-state index contributed by atoms with van der Waals surface area (Å²) < 4.78 is 6.27. The summed E-state index contributed by atoms with van der Waals surface area (Å²) in [5.41, 5.74) is 0.976. The Morgan fingerprint density at radius 3 is 2.62 bits per heavy atom. The molecule has 1 saturated heterocycles. The molecular formula is C17H21NO2S. The van der Waals surface area contributed by atoms with Crippen LogP contribution in [0.15, 0.2) is 28.4 Å². The first-order valence-electron chi connectivity index (χ1n) is 7.49. The molecule has 4 heteroatoms. The van der Waals surface area contributed by atoms with Gasteiger partial charge in [0.05, 0.1) is 12.8 Å². The van der Waals surface area contributed by atoms with Crippen LogP contribution in [0.4, 0.5) is 5.69 Å². The minimum Gasteiger partial charge on any atom is -0.497 e. The van der Waals surface area contributed by atoms with Crippen LogP contribution >= 0.6 is 11.3 Å². The van der Waals surface area contributed by atoms with E-state index in [1.807, 2.05) is 23.6 Å². The Bertz CT molecular complexity index is 699. The third-order valence-corrected chi connectivity index (χ3v) is 5.38. The van der Waals surface area contributed by atoms with Crippen LogP contribution in [0.3, 0.4) is 0 Å². The van der Waals surface area contributed by atoms with E-state index in [9.17, 15) is 4.79 Å². The van der Waals surface area contributed by atoms with Crippen molar-refractivity contribution in [2.75, 3.05) is 12.0 Å². The van der Waals surface area contributed by atoms with Crippen molar-refractivity contribution in [1.82, 2.24) is 0 Å². The smallest absolute Gasteiger partial charge is 0.211 e. The second-order valence-corrected chi connectivity index (χ2v) is 6.76. The van der Waals surface area contributed by atoms with Gasteiger partial charge in [-0.2, -0.15) is 0 Å². The normalized spacial score (nSPS) is 22.5. The van der Waals surface area contributed by atoms with Gasteiger partial charge in [-0.3, -0.25) is 4.79 Å². The number of hydrogen-bond donors (Lipinski definition) is 0. The molecule has 1 aliphatic rings. The van der Waals surface area contributed by atoms with E-state index in [1.165, 1.54) is 6.42 Å². The molecule has 0 aliphatic carbocycles. The van der Waals surface area contributed by atoms with Crippen LogP contribution in [-0.4, -0.2) is 19.2 Å². The summed E-state index contributed by atoms with van der Waals surface area (Å²) in [7, 11) is 1.63. The molecule has 0 N–H and O–H groups in total. The topological polar surface area (TPSA) is 29.5 Å². The van der Waals surface area contributed by atoms with Gasteiger partial charge in [0.2, 0.25) is 5.43 Å². The standard InChI is InChI=1S/C17H21NO2S/c1-11-5-4-6-12(2)18(11)15-10-21-16-8-7-13(20-3)9-14(16)17(15)19/h7-12H,4-6H2,1-3H3/t11-,12-/m1/s1. The molecular weight excluding hydrogens is 282 g/mol. The lowest BCUT2D eigenvalue weighted by Crippen LogP contribution is -2.45. The number of methoxy groups -OCH3 is 1. The highest BCUT2D eigenvalue weighted by Crippen LogP contribution is 2.30. The van der Waals surface area contributed by atoms with Crippen molar-refractivity contribution in [3.8, 4) is 5.75 Å². The number of benzene rings is 1. The molecule has 0 radical (unpaired) electrons. The summed E-state index contributed by atoms with van der Waals surface area (Å²) in [6.45, 7) is 4.44. The molecule has 1 aliphatic heterocycles. The molecule has 3 rings (SSSR count). The summed E-state index contributed by atoms with van der Waals surface area (Å²) in [6.07, 6.45) is 3.56. The molecule has 0 amide bonds. The number of ether oxygens (including phenoxy) is 1. The van der Waals surface area contributed by atoms with Crippen LogP contribution in [0, 0.1) is 0 Å². The zero-order valence-electron chi connectivity index (χ0n) is 12.8. The molecule has 21 heavy (non-hydrogen) atoms. The van der Waals surface area contributed by atoms with Gasteiger partial charge in [-0.05, 0) is 51.3 Å². The van der Waals surface area contributed by atoms with Crippen LogP contribution in [0.2, 0.25) is 0 Å². The van der Waals surface area contributed by atoms with Crippen LogP contribution in [0.25, 0.3) is 10.1 Å². The summed E-state index contributed by atoms with van der Waals surface area (Å²) >= 11 is 1.64. The first kappa shape index (κ1) is 14.4. The largest absolute Gasteiger partial charge is 0.497 e. The van der Waals surface area contributed by atoms with Crippen molar-refractivity contribution in [3.63, 3.8) is 0 Å². The molecule has 112 valence electrons. The molecule has 1 aromatic heterocycles. The fraction of sp³-hybridized carbons (Fsp3) is 0.471. The van der Waals surface area contributed by atoms with E-state index in [0.717, 1.165) is 34.4 Å². The van der Waals surface area contributed by atoms with E-state index in [1.54, 1.807) is 18.4 Å². The van der Waals surface area contributed by atoms with Crippen molar-refractivity contribution in [1.29, 1.82) is 0 Å². The van der Waals surface area contributed by atoms with Crippen molar-refractivity contribution in [3.05, 3.63) is 33.8 Å². The van der Waals surface area contributed by atoms with Crippen molar-refractivity contribution >= 4 is 27.1 Å². The SMILES string of the molecule is COc1ccc2scc(N3[C@H](C)CCC[C@H]3C)c(=O)c2c1. The summed E-state index contributed by atoms with van der Waals surface area (Å²) in [5, 5.41) is 2.79. The summed E-state index contributed by atoms with van der Waals surface area (Å²) in [4.78, 5) is 15.2. The maximum absolute atomic E-state index is 12.9. The molecule has 0 saturated carbocycles. The van der Waals surface area contributed by atoms with Gasteiger partial charge < -0.3 is 9.64 Å². The Morgan fingerprint density at radius 1 is 1.24 bits per heavy atom. The summed E-state index contributed by atoms with van der Waals surface area (Å²) in [6, 6.07) is 6.59. The highest BCUT2D eigenvalue weighted by Gasteiger charge is 2.27. The fourth-order valence-electron chi connectivity index (χ4n) is 3.30. The molecule has 0 spiro atoms. The highest BCUT2D eigenvalue weighted by atomic mass is 32.1. The van der Waals surface area contributed by atoms with Crippen molar-refractivity contribution in [2.24, 2.45) is 0 Å². The van der Waals surface area contributed by atoms with Crippen molar-refractivity contribution in [2.45, 2.75) is 45.2 Å². The van der Waals surface area contributed by atoms with Crippen LogP contribution in [0.1, 0.15) is 33.1 Å². The van der Waals surface area contributed by atoms with E-state index in [2.05, 4.69) is 18.7 Å². The second kappa shape index (κ2) is 5.68. The molecule has 1 aromatic carbocycles. The maximum Gasteiger partial charge on any atom is 0.211 e. The molecule has 2 atom stereocenters. The Balaban J connectivity index is 2.14. The van der Waals surface area contributed by atoms with E-state index in [-0.39, 0.29) is 5.43 Å². The Hall–Kier alpha value is -1.55. The minimum atomic E-state index is 0.128. The number of anilines is 1. The van der Waals surface area contributed by atoms with E-state index >= 15 is 0 Å². The van der Waals surface area contributed by atoms with E-state index in [4.69, 9.17) is 4.74 Å². The number of rotatable bonds is 2. The van der Waals surface area contributed by atoms with Crippen molar-refractivity contribution < 1.29 is 4.74 Å². The third-order valence-electron chi connectivity index (χ3n) is 4.43. The van der Waals surface area contributed by atoms with Crippen LogP contribution in [0.5, 0.6) is 5.75 Å². The van der Waals surface area contributed by atoms with Crippen LogP contribution < -0.4 is 15.1 Å². The van der Waals surface area contributed by atoms with Gasteiger partial charge in [-0.15, -0.1) is 11.3 Å². The third kappa shape index (κ3) is 2.53. The van der Waals surface area contributed by atoms with Crippen LogP contribution in [-0.2, 0) is 0 Å². The van der Waals surface area contributed by atoms with Gasteiger partial charge in [0.1, 0.15) is 5.75 Å². The Morgan fingerprint density at radius 2 is 1.95 bits per heavy atom. The van der Waals surface area contributed by atoms with E-state index < -0.39 is 0 Å².